The molecule has 1 atom stereocenters. The zero-order chi connectivity index (χ0) is 10.8. The normalized spacial score (nSPS) is 19.7. The lowest BCUT2D eigenvalue weighted by Gasteiger charge is -2.32. The Kier molecular flexibility index (Phi) is 2.82. The molecule has 1 aromatic carbocycles. The molecule has 1 heterocycles. The van der Waals surface area contributed by atoms with Crippen molar-refractivity contribution in [2.75, 3.05) is 25.0 Å². The number of hydrogen-bond acceptors (Lipinski definition) is 3. The van der Waals surface area contributed by atoms with Gasteiger partial charge in [-0.05, 0) is 37.6 Å². The van der Waals surface area contributed by atoms with Gasteiger partial charge in [-0.3, -0.25) is 0 Å². The van der Waals surface area contributed by atoms with Crippen LogP contribution in [0.1, 0.15) is 12.5 Å². The number of rotatable bonds is 2. The highest BCUT2D eigenvalue weighted by atomic mass is 16.5. The van der Waals surface area contributed by atoms with Crippen LogP contribution in [-0.4, -0.2) is 26.2 Å². The van der Waals surface area contributed by atoms with E-state index >= 15 is 0 Å². The van der Waals surface area contributed by atoms with Crippen LogP contribution in [0, 0.1) is 0 Å². The lowest BCUT2D eigenvalue weighted by Crippen LogP contribution is -2.35. The molecule has 0 saturated carbocycles. The summed E-state index contributed by atoms with van der Waals surface area (Å²) in [6.45, 7) is 3.73. The minimum atomic E-state index is 0.267. The molecule has 0 saturated heterocycles. The van der Waals surface area contributed by atoms with Crippen LogP contribution in [0.25, 0.3) is 0 Å². The van der Waals surface area contributed by atoms with Gasteiger partial charge >= 0.3 is 0 Å². The van der Waals surface area contributed by atoms with Crippen molar-refractivity contribution in [3.8, 4) is 5.75 Å². The Morgan fingerprint density at radius 2 is 2.33 bits per heavy atom. The van der Waals surface area contributed by atoms with Crippen molar-refractivity contribution >= 4 is 5.69 Å². The molecule has 1 aliphatic rings. The van der Waals surface area contributed by atoms with Crippen molar-refractivity contribution in [1.82, 2.24) is 0 Å². The predicted octanol–water partition coefficient (Wildman–Crippen LogP) is 1.40. The standard InChI is InChI=1S/C12H18N2O/c1-9-8-14(2)11-7-10(5-6-13)3-4-12(11)15-9/h3-4,7,9H,5-6,8,13H2,1-2H3. The Balaban J connectivity index is 2.30. The van der Waals surface area contributed by atoms with Crippen LogP contribution in [0.15, 0.2) is 18.2 Å². The van der Waals surface area contributed by atoms with Crippen molar-refractivity contribution in [2.24, 2.45) is 5.73 Å². The third kappa shape index (κ3) is 2.07. The average Bonchev–Trinajstić information content (AvgIpc) is 2.19. The number of hydrogen-bond donors (Lipinski definition) is 1. The summed E-state index contributed by atoms with van der Waals surface area (Å²) in [7, 11) is 2.10. The first kappa shape index (κ1) is 10.3. The maximum atomic E-state index is 5.76. The van der Waals surface area contributed by atoms with Crippen LogP contribution >= 0.6 is 0 Å². The maximum Gasteiger partial charge on any atom is 0.143 e. The topological polar surface area (TPSA) is 38.5 Å². The highest BCUT2D eigenvalue weighted by Gasteiger charge is 2.19. The second-order valence-corrected chi connectivity index (χ2v) is 4.15. The Morgan fingerprint density at radius 3 is 3.07 bits per heavy atom. The van der Waals surface area contributed by atoms with Crippen molar-refractivity contribution < 1.29 is 4.74 Å². The van der Waals surface area contributed by atoms with Gasteiger partial charge in [-0.2, -0.15) is 0 Å². The summed E-state index contributed by atoms with van der Waals surface area (Å²) < 4.78 is 5.76. The first-order valence-corrected chi connectivity index (χ1v) is 5.41. The predicted molar refractivity (Wildman–Crippen MR) is 62.6 cm³/mol. The summed E-state index contributed by atoms with van der Waals surface area (Å²) in [5, 5.41) is 0. The minimum absolute atomic E-state index is 0.267. The fourth-order valence-corrected chi connectivity index (χ4v) is 2.02. The number of nitrogens with zero attached hydrogens (tertiary/aromatic N) is 1. The Hall–Kier alpha value is -1.22. The third-order valence-electron chi connectivity index (χ3n) is 2.73. The van der Waals surface area contributed by atoms with Gasteiger partial charge < -0.3 is 15.4 Å². The summed E-state index contributed by atoms with van der Waals surface area (Å²) in [5.74, 6) is 0.983. The molecule has 0 radical (unpaired) electrons. The van der Waals surface area contributed by atoms with Gasteiger partial charge in [-0.15, -0.1) is 0 Å². The molecule has 15 heavy (non-hydrogen) atoms. The zero-order valence-corrected chi connectivity index (χ0v) is 9.36. The maximum absolute atomic E-state index is 5.76. The number of fused-ring (bicyclic) bond motifs is 1. The molecule has 1 aromatic rings. The Morgan fingerprint density at radius 1 is 1.53 bits per heavy atom. The highest BCUT2D eigenvalue weighted by Crippen LogP contribution is 2.33. The fourth-order valence-electron chi connectivity index (χ4n) is 2.02. The van der Waals surface area contributed by atoms with E-state index in [1.165, 1.54) is 11.3 Å². The van der Waals surface area contributed by atoms with E-state index < -0.39 is 0 Å². The second-order valence-electron chi connectivity index (χ2n) is 4.15. The number of likely N-dealkylation sites (N-methyl/N-ethyl adjacent to an activating group) is 1. The Labute approximate surface area is 90.8 Å². The summed E-state index contributed by atoms with van der Waals surface area (Å²) in [5.41, 5.74) is 8.01. The van der Waals surface area contributed by atoms with Gasteiger partial charge in [0.15, 0.2) is 0 Å². The van der Waals surface area contributed by atoms with Crippen molar-refractivity contribution in [3.05, 3.63) is 23.8 Å². The molecular weight excluding hydrogens is 188 g/mol. The number of nitrogens with two attached hydrogens (primary N) is 1. The van der Waals surface area contributed by atoms with E-state index in [-0.39, 0.29) is 6.10 Å². The van der Waals surface area contributed by atoms with E-state index in [9.17, 15) is 0 Å². The number of ether oxygens (including phenoxy) is 1. The smallest absolute Gasteiger partial charge is 0.143 e. The van der Waals surface area contributed by atoms with Gasteiger partial charge in [0, 0.05) is 7.05 Å². The van der Waals surface area contributed by atoms with Gasteiger partial charge in [0.25, 0.3) is 0 Å². The van der Waals surface area contributed by atoms with Crippen LogP contribution in [0.4, 0.5) is 5.69 Å². The molecule has 1 aliphatic heterocycles. The van der Waals surface area contributed by atoms with E-state index in [1.807, 2.05) is 6.07 Å². The molecule has 0 bridgehead atoms. The fraction of sp³-hybridized carbons (Fsp3) is 0.500. The molecule has 0 aliphatic carbocycles. The SMILES string of the molecule is CC1CN(C)c2cc(CCN)ccc2O1. The molecule has 3 nitrogen and oxygen atoms in total. The number of benzene rings is 1. The lowest BCUT2D eigenvalue weighted by molar-refractivity contribution is 0.215. The van der Waals surface area contributed by atoms with Gasteiger partial charge in [0.1, 0.15) is 11.9 Å². The second kappa shape index (κ2) is 4.11. The van der Waals surface area contributed by atoms with E-state index in [4.69, 9.17) is 10.5 Å². The summed E-state index contributed by atoms with van der Waals surface area (Å²) in [6, 6.07) is 6.32. The molecule has 2 N–H and O–H groups in total. The van der Waals surface area contributed by atoms with Crippen molar-refractivity contribution in [1.29, 1.82) is 0 Å². The van der Waals surface area contributed by atoms with Gasteiger partial charge in [-0.1, -0.05) is 6.07 Å². The zero-order valence-electron chi connectivity index (χ0n) is 9.36. The minimum Gasteiger partial charge on any atom is -0.487 e. The van der Waals surface area contributed by atoms with Crippen LogP contribution in [0.2, 0.25) is 0 Å². The summed E-state index contributed by atoms with van der Waals surface area (Å²) in [4.78, 5) is 2.24. The molecule has 3 heteroatoms. The van der Waals surface area contributed by atoms with E-state index in [0.29, 0.717) is 6.54 Å². The molecule has 2 rings (SSSR count). The third-order valence-corrected chi connectivity index (χ3v) is 2.73. The molecule has 0 aromatic heterocycles. The van der Waals surface area contributed by atoms with Gasteiger partial charge in [-0.25, -0.2) is 0 Å². The Bertz CT molecular complexity index is 351. The summed E-state index contributed by atoms with van der Waals surface area (Å²) in [6.07, 6.45) is 1.19. The van der Waals surface area contributed by atoms with Crippen LogP contribution < -0.4 is 15.4 Å². The monoisotopic (exact) mass is 206 g/mol. The lowest BCUT2D eigenvalue weighted by atomic mass is 10.1. The van der Waals surface area contributed by atoms with Gasteiger partial charge in [0.2, 0.25) is 0 Å². The summed E-state index contributed by atoms with van der Waals surface area (Å²) >= 11 is 0. The number of anilines is 1. The largest absolute Gasteiger partial charge is 0.487 e. The first-order chi connectivity index (χ1) is 7.20. The molecule has 1 unspecified atom stereocenters. The molecule has 82 valence electrons. The molecule has 0 amide bonds. The van der Waals surface area contributed by atoms with Crippen LogP contribution in [0.5, 0.6) is 5.75 Å². The molecule has 0 spiro atoms. The van der Waals surface area contributed by atoms with E-state index in [0.717, 1.165) is 18.7 Å². The first-order valence-electron chi connectivity index (χ1n) is 5.41. The molecule has 0 fully saturated rings. The van der Waals surface area contributed by atoms with Crippen molar-refractivity contribution in [3.63, 3.8) is 0 Å². The van der Waals surface area contributed by atoms with Crippen molar-refractivity contribution in [2.45, 2.75) is 19.4 Å². The highest BCUT2D eigenvalue weighted by molar-refractivity contribution is 5.61. The average molecular weight is 206 g/mol. The molecular formula is C12H18N2O. The van der Waals surface area contributed by atoms with Gasteiger partial charge in [0.05, 0.1) is 12.2 Å². The van der Waals surface area contributed by atoms with Crippen LogP contribution in [-0.2, 0) is 6.42 Å². The van der Waals surface area contributed by atoms with Crippen LogP contribution in [0.3, 0.4) is 0 Å². The van der Waals surface area contributed by atoms with E-state index in [1.54, 1.807) is 0 Å². The van der Waals surface area contributed by atoms with E-state index in [2.05, 4.69) is 31.0 Å². The quantitative estimate of drug-likeness (QED) is 0.795.